The van der Waals surface area contributed by atoms with E-state index >= 15 is 0 Å². The maximum absolute atomic E-state index is 13.0. The summed E-state index contributed by atoms with van der Waals surface area (Å²) in [5, 5.41) is 4.60. The second-order valence-corrected chi connectivity index (χ2v) is 7.34. The fourth-order valence-electron chi connectivity index (χ4n) is 2.98. The molecule has 2 amide bonds. The smallest absolute Gasteiger partial charge is 0.270 e. The number of nitrogens with zero attached hydrogens (tertiary/aromatic N) is 1. The van der Waals surface area contributed by atoms with Crippen LogP contribution in [0.5, 0.6) is 0 Å². The van der Waals surface area contributed by atoms with Crippen LogP contribution < -0.4 is 10.9 Å². The minimum Gasteiger partial charge on any atom is -0.328 e. The number of amides is 2. The van der Waals surface area contributed by atoms with E-state index in [2.05, 4.69) is 10.3 Å². The minimum absolute atomic E-state index is 0.135. The molecule has 0 saturated heterocycles. The highest BCUT2D eigenvalue weighted by Gasteiger charge is 2.20. The molecule has 0 radical (unpaired) electrons. The van der Waals surface area contributed by atoms with Crippen LogP contribution >= 0.6 is 23.2 Å². The second kappa shape index (κ2) is 9.11. The van der Waals surface area contributed by atoms with Gasteiger partial charge in [-0.15, -0.1) is 0 Å². The molecule has 0 saturated carbocycles. The summed E-state index contributed by atoms with van der Waals surface area (Å²) in [6, 6.07) is 13.3. The number of hydrogen-bond donors (Lipinski definition) is 2. The lowest BCUT2D eigenvalue weighted by Gasteiger charge is -2.22. The first-order valence-electron chi connectivity index (χ1n) is 9.05. The summed E-state index contributed by atoms with van der Waals surface area (Å²) in [6.07, 6.45) is 0.648. The zero-order valence-electron chi connectivity index (χ0n) is 15.7. The maximum atomic E-state index is 13.0. The van der Waals surface area contributed by atoms with Crippen LogP contribution in [-0.4, -0.2) is 34.8 Å². The summed E-state index contributed by atoms with van der Waals surface area (Å²) in [5.74, 6) is -0.846. The van der Waals surface area contributed by atoms with Gasteiger partial charge in [-0.25, -0.2) is 0 Å². The third-order valence-corrected chi connectivity index (χ3v) is 4.87. The van der Waals surface area contributed by atoms with Gasteiger partial charge in [0.2, 0.25) is 5.91 Å². The molecule has 2 N–H and O–H groups in total. The number of carbonyl (C=O) groups excluding carboxylic acids is 2. The quantitative estimate of drug-likeness (QED) is 0.609. The summed E-state index contributed by atoms with van der Waals surface area (Å²) >= 11 is 12.0. The van der Waals surface area contributed by atoms with Gasteiger partial charge in [0.05, 0.1) is 10.7 Å². The molecule has 0 aliphatic heterocycles. The normalized spacial score (nSPS) is 10.7. The Balaban J connectivity index is 1.82. The topological polar surface area (TPSA) is 82.3 Å². The van der Waals surface area contributed by atoms with Crippen molar-refractivity contribution in [2.45, 2.75) is 13.3 Å². The average Bonchev–Trinajstić information content (AvgIpc) is 2.70. The van der Waals surface area contributed by atoms with Crippen LogP contribution in [0, 0.1) is 0 Å². The number of aromatic nitrogens is 1. The van der Waals surface area contributed by atoms with Gasteiger partial charge in [0.25, 0.3) is 11.5 Å². The number of anilines is 1. The van der Waals surface area contributed by atoms with E-state index in [9.17, 15) is 14.4 Å². The van der Waals surface area contributed by atoms with Crippen molar-refractivity contribution in [2.75, 3.05) is 18.4 Å². The number of pyridine rings is 1. The van der Waals surface area contributed by atoms with E-state index in [0.29, 0.717) is 39.5 Å². The van der Waals surface area contributed by atoms with Gasteiger partial charge in [-0.1, -0.05) is 48.3 Å². The van der Waals surface area contributed by atoms with Crippen molar-refractivity contribution in [2.24, 2.45) is 0 Å². The Bertz CT molecular complexity index is 1130. The minimum atomic E-state index is -0.429. The molecule has 1 heterocycles. The van der Waals surface area contributed by atoms with Crippen molar-refractivity contribution in [3.63, 3.8) is 0 Å². The van der Waals surface area contributed by atoms with Crippen LogP contribution in [-0.2, 0) is 4.79 Å². The highest BCUT2D eigenvalue weighted by molar-refractivity contribution is 6.35. The van der Waals surface area contributed by atoms with Crippen LogP contribution in [0.3, 0.4) is 0 Å². The molecule has 3 aromatic rings. The number of aromatic amines is 1. The van der Waals surface area contributed by atoms with Crippen molar-refractivity contribution in [3.05, 3.63) is 74.6 Å². The van der Waals surface area contributed by atoms with Crippen LogP contribution in [0.4, 0.5) is 5.69 Å². The molecule has 2 aromatic carbocycles. The fraction of sp³-hybridized carbons (Fsp3) is 0.190. The molecule has 6 nitrogen and oxygen atoms in total. The van der Waals surface area contributed by atoms with Crippen molar-refractivity contribution in [1.82, 2.24) is 9.88 Å². The highest BCUT2D eigenvalue weighted by atomic mass is 35.5. The van der Waals surface area contributed by atoms with Gasteiger partial charge in [-0.2, -0.15) is 0 Å². The van der Waals surface area contributed by atoms with Gasteiger partial charge in [0, 0.05) is 17.0 Å². The lowest BCUT2D eigenvalue weighted by atomic mass is 10.1. The molecule has 0 unspecified atom stereocenters. The third-order valence-electron chi connectivity index (χ3n) is 4.30. The number of hydrogen-bond acceptors (Lipinski definition) is 3. The summed E-state index contributed by atoms with van der Waals surface area (Å²) in [4.78, 5) is 41.7. The van der Waals surface area contributed by atoms with E-state index in [0.717, 1.165) is 0 Å². The zero-order valence-corrected chi connectivity index (χ0v) is 17.2. The van der Waals surface area contributed by atoms with Crippen molar-refractivity contribution < 1.29 is 9.59 Å². The third kappa shape index (κ3) is 4.96. The summed E-state index contributed by atoms with van der Waals surface area (Å²) in [6.45, 7) is 2.06. The maximum Gasteiger partial charge on any atom is 0.270 e. The number of rotatable bonds is 6. The number of nitrogens with one attached hydrogen (secondary N) is 2. The lowest BCUT2D eigenvalue weighted by molar-refractivity contribution is -0.116. The summed E-state index contributed by atoms with van der Waals surface area (Å²) < 4.78 is 0. The van der Waals surface area contributed by atoms with E-state index in [1.54, 1.807) is 42.5 Å². The van der Waals surface area contributed by atoms with Crippen LogP contribution in [0.25, 0.3) is 10.8 Å². The molecular formula is C21H19Cl2N3O3. The van der Waals surface area contributed by atoms with Gasteiger partial charge in [-0.05, 0) is 42.1 Å². The van der Waals surface area contributed by atoms with E-state index in [-0.39, 0.29) is 17.8 Å². The van der Waals surface area contributed by atoms with E-state index in [1.165, 1.54) is 11.0 Å². The second-order valence-electron chi connectivity index (χ2n) is 6.50. The molecule has 0 atom stereocenters. The molecule has 0 spiro atoms. The van der Waals surface area contributed by atoms with E-state index in [1.807, 2.05) is 6.92 Å². The Kier molecular flexibility index (Phi) is 6.56. The Hall–Kier alpha value is -2.83. The first-order valence-corrected chi connectivity index (χ1v) is 9.81. The number of halogens is 2. The predicted octanol–water partition coefficient (Wildman–Crippen LogP) is 4.33. The Morgan fingerprint density at radius 1 is 1.10 bits per heavy atom. The molecule has 3 rings (SSSR count). The van der Waals surface area contributed by atoms with Crippen molar-refractivity contribution in [1.29, 1.82) is 0 Å². The highest BCUT2D eigenvalue weighted by Crippen LogP contribution is 2.25. The molecule has 0 bridgehead atoms. The molecule has 0 fully saturated rings. The Morgan fingerprint density at radius 2 is 1.86 bits per heavy atom. The van der Waals surface area contributed by atoms with E-state index < -0.39 is 11.8 Å². The lowest BCUT2D eigenvalue weighted by Crippen LogP contribution is -2.39. The van der Waals surface area contributed by atoms with Crippen molar-refractivity contribution >= 4 is 51.5 Å². The Labute approximate surface area is 177 Å². The van der Waals surface area contributed by atoms with Gasteiger partial charge >= 0.3 is 0 Å². The van der Waals surface area contributed by atoms with Gasteiger partial charge in [0.1, 0.15) is 12.2 Å². The molecular weight excluding hydrogens is 413 g/mol. The van der Waals surface area contributed by atoms with Gasteiger partial charge in [-0.3, -0.25) is 14.4 Å². The monoisotopic (exact) mass is 431 g/mol. The van der Waals surface area contributed by atoms with Gasteiger partial charge in [0.15, 0.2) is 0 Å². The van der Waals surface area contributed by atoms with Crippen molar-refractivity contribution in [3.8, 4) is 0 Å². The number of carbonyl (C=O) groups is 2. The number of H-pyrrole nitrogens is 1. The largest absolute Gasteiger partial charge is 0.328 e. The fourth-order valence-corrected chi connectivity index (χ4v) is 3.31. The van der Waals surface area contributed by atoms with Crippen LogP contribution in [0.2, 0.25) is 10.0 Å². The molecule has 0 aliphatic carbocycles. The summed E-state index contributed by atoms with van der Waals surface area (Å²) in [5.41, 5.74) is 0.154. The SMILES string of the molecule is CCCN(CC(=O)Nc1cc(Cl)ccc1Cl)C(=O)c1cc2ccccc2c(=O)[nH]1. The molecule has 1 aromatic heterocycles. The Morgan fingerprint density at radius 3 is 2.62 bits per heavy atom. The van der Waals surface area contributed by atoms with E-state index in [4.69, 9.17) is 23.2 Å². The van der Waals surface area contributed by atoms with Gasteiger partial charge < -0.3 is 15.2 Å². The predicted molar refractivity (Wildman–Crippen MR) is 116 cm³/mol. The first-order chi connectivity index (χ1) is 13.9. The van der Waals surface area contributed by atoms with Crippen LogP contribution in [0.15, 0.2) is 53.3 Å². The molecule has 0 aliphatic rings. The van der Waals surface area contributed by atoms with Crippen LogP contribution in [0.1, 0.15) is 23.8 Å². The number of fused-ring (bicyclic) bond motifs is 1. The average molecular weight is 432 g/mol. The summed E-state index contributed by atoms with van der Waals surface area (Å²) in [7, 11) is 0. The first kappa shape index (κ1) is 20.9. The zero-order chi connectivity index (χ0) is 21.0. The number of benzene rings is 2. The molecule has 8 heteroatoms. The molecule has 29 heavy (non-hydrogen) atoms. The standard InChI is InChI=1S/C21H19Cl2N3O3/c1-2-9-26(12-19(27)24-17-11-14(22)7-8-16(17)23)21(29)18-10-13-5-3-4-6-15(13)20(28)25-18/h3-8,10-11H,2,9,12H2,1H3,(H,24,27)(H,25,28). The molecule has 150 valence electrons.